The number of amides is 1. The molecule has 2 aromatic carbocycles. The molecule has 0 spiro atoms. The van der Waals surface area contributed by atoms with Crippen LogP contribution in [0.1, 0.15) is 5.56 Å². The maximum Gasteiger partial charge on any atom is 0.341 e. The molecule has 0 unspecified atom stereocenters. The van der Waals surface area contributed by atoms with E-state index in [0.717, 1.165) is 0 Å². The van der Waals surface area contributed by atoms with Gasteiger partial charge in [-0.2, -0.15) is 5.26 Å². The summed E-state index contributed by atoms with van der Waals surface area (Å²) >= 11 is 0. The Kier molecular flexibility index (Phi) is 5.74. The first-order valence-electron chi connectivity index (χ1n) is 7.15. The summed E-state index contributed by atoms with van der Waals surface area (Å²) in [5.41, 5.74) is 0.639. The number of benzene rings is 2. The number of anilines is 1. The SMILES string of the molecule is N#C/C(=C\c1ccccc1OCC(=O)O)C(=O)Nc1ccc(O)cc1. The van der Waals surface area contributed by atoms with Crippen LogP contribution in [-0.2, 0) is 9.59 Å². The number of phenolic OH excluding ortho intramolecular Hbond substituents is 1. The number of aliphatic carboxylic acids is 1. The summed E-state index contributed by atoms with van der Waals surface area (Å²) in [7, 11) is 0. The van der Waals surface area contributed by atoms with Gasteiger partial charge in [0.15, 0.2) is 6.61 Å². The monoisotopic (exact) mass is 338 g/mol. The molecule has 7 heteroatoms. The van der Waals surface area contributed by atoms with E-state index in [1.54, 1.807) is 30.3 Å². The number of carbonyl (C=O) groups is 2. The van der Waals surface area contributed by atoms with Crippen LogP contribution < -0.4 is 10.1 Å². The van der Waals surface area contributed by atoms with Gasteiger partial charge in [-0.25, -0.2) is 4.79 Å². The highest BCUT2D eigenvalue weighted by atomic mass is 16.5. The Labute approximate surface area is 143 Å². The number of phenols is 1. The molecule has 0 aliphatic carbocycles. The average molecular weight is 338 g/mol. The van der Waals surface area contributed by atoms with Crippen LogP contribution in [0.25, 0.3) is 6.08 Å². The zero-order valence-corrected chi connectivity index (χ0v) is 13.0. The van der Waals surface area contributed by atoms with Crippen molar-refractivity contribution in [2.24, 2.45) is 0 Å². The molecular weight excluding hydrogens is 324 g/mol. The molecule has 0 aliphatic rings. The van der Waals surface area contributed by atoms with E-state index in [1.807, 2.05) is 0 Å². The number of para-hydroxylation sites is 1. The van der Waals surface area contributed by atoms with Gasteiger partial charge in [0.05, 0.1) is 0 Å². The number of nitriles is 1. The molecule has 0 saturated heterocycles. The first kappa shape index (κ1) is 17.6. The topological polar surface area (TPSA) is 120 Å². The van der Waals surface area contributed by atoms with Crippen LogP contribution in [0.15, 0.2) is 54.1 Å². The van der Waals surface area contributed by atoms with Crippen LogP contribution in [-0.4, -0.2) is 28.7 Å². The van der Waals surface area contributed by atoms with Gasteiger partial charge in [0, 0.05) is 11.3 Å². The van der Waals surface area contributed by atoms with Gasteiger partial charge in [0.2, 0.25) is 0 Å². The normalized spacial score (nSPS) is 10.6. The Hall–Kier alpha value is -3.79. The van der Waals surface area contributed by atoms with E-state index in [1.165, 1.54) is 30.3 Å². The van der Waals surface area contributed by atoms with E-state index in [4.69, 9.17) is 9.84 Å². The number of nitrogens with one attached hydrogen (secondary N) is 1. The molecule has 2 aromatic rings. The lowest BCUT2D eigenvalue weighted by Crippen LogP contribution is -2.13. The van der Waals surface area contributed by atoms with Gasteiger partial charge < -0.3 is 20.3 Å². The molecule has 0 saturated carbocycles. The van der Waals surface area contributed by atoms with Crippen molar-refractivity contribution in [2.45, 2.75) is 0 Å². The zero-order chi connectivity index (χ0) is 18.2. The van der Waals surface area contributed by atoms with Gasteiger partial charge in [-0.15, -0.1) is 0 Å². The molecular formula is C18H14N2O5. The fourth-order valence-corrected chi connectivity index (χ4v) is 1.92. The van der Waals surface area contributed by atoms with Crippen molar-refractivity contribution in [3.05, 3.63) is 59.7 Å². The fourth-order valence-electron chi connectivity index (χ4n) is 1.92. The van der Waals surface area contributed by atoms with Gasteiger partial charge in [0.1, 0.15) is 23.1 Å². The zero-order valence-electron chi connectivity index (χ0n) is 13.0. The lowest BCUT2D eigenvalue weighted by Gasteiger charge is -2.08. The van der Waals surface area contributed by atoms with E-state index in [-0.39, 0.29) is 17.1 Å². The Bertz CT molecular complexity index is 851. The molecule has 0 fully saturated rings. The Morgan fingerprint density at radius 1 is 1.16 bits per heavy atom. The Morgan fingerprint density at radius 3 is 2.48 bits per heavy atom. The highest BCUT2D eigenvalue weighted by molar-refractivity contribution is 6.09. The largest absolute Gasteiger partial charge is 0.508 e. The summed E-state index contributed by atoms with van der Waals surface area (Å²) in [4.78, 5) is 22.8. The van der Waals surface area contributed by atoms with Gasteiger partial charge >= 0.3 is 5.97 Å². The predicted molar refractivity (Wildman–Crippen MR) is 89.9 cm³/mol. The summed E-state index contributed by atoms with van der Waals surface area (Å²) in [6, 6.07) is 14.1. The molecule has 25 heavy (non-hydrogen) atoms. The summed E-state index contributed by atoms with van der Waals surface area (Å²) < 4.78 is 5.14. The van der Waals surface area contributed by atoms with Crippen LogP contribution in [0.2, 0.25) is 0 Å². The second-order valence-corrected chi connectivity index (χ2v) is 4.89. The molecule has 7 nitrogen and oxygen atoms in total. The van der Waals surface area contributed by atoms with Crippen molar-refractivity contribution in [3.63, 3.8) is 0 Å². The molecule has 0 radical (unpaired) electrons. The van der Waals surface area contributed by atoms with Crippen LogP contribution in [0.4, 0.5) is 5.69 Å². The number of ether oxygens (including phenoxy) is 1. The minimum atomic E-state index is -1.13. The van der Waals surface area contributed by atoms with Crippen LogP contribution in [0.3, 0.4) is 0 Å². The van der Waals surface area contributed by atoms with Crippen molar-refractivity contribution in [1.29, 1.82) is 5.26 Å². The second-order valence-electron chi connectivity index (χ2n) is 4.89. The summed E-state index contributed by atoms with van der Waals surface area (Å²) in [6.45, 7) is -0.535. The summed E-state index contributed by atoms with van der Waals surface area (Å²) in [5.74, 6) is -1.47. The van der Waals surface area contributed by atoms with Crippen LogP contribution in [0, 0.1) is 11.3 Å². The van der Waals surface area contributed by atoms with Crippen LogP contribution >= 0.6 is 0 Å². The smallest absolute Gasteiger partial charge is 0.341 e. The Balaban J connectivity index is 2.22. The maximum atomic E-state index is 12.2. The molecule has 126 valence electrons. The standard InChI is InChI=1S/C18H14N2O5/c19-10-13(18(24)20-14-5-7-15(21)8-6-14)9-12-3-1-2-4-16(12)25-11-17(22)23/h1-9,21H,11H2,(H,20,24)(H,22,23)/b13-9+. The lowest BCUT2D eigenvalue weighted by atomic mass is 10.1. The lowest BCUT2D eigenvalue weighted by molar-refractivity contribution is -0.139. The number of nitrogens with zero attached hydrogens (tertiary/aromatic N) is 1. The molecule has 3 N–H and O–H groups in total. The van der Waals surface area contributed by atoms with Gasteiger partial charge in [-0.1, -0.05) is 18.2 Å². The highest BCUT2D eigenvalue weighted by Crippen LogP contribution is 2.22. The molecule has 0 atom stereocenters. The second kappa shape index (κ2) is 8.17. The van der Waals surface area contributed by atoms with Crippen LogP contribution in [0.5, 0.6) is 11.5 Å². The third-order valence-corrected chi connectivity index (χ3v) is 3.06. The Morgan fingerprint density at radius 2 is 1.84 bits per heavy atom. The number of aromatic hydroxyl groups is 1. The molecule has 0 bridgehead atoms. The molecule has 0 aliphatic heterocycles. The van der Waals surface area contributed by atoms with E-state index < -0.39 is 18.5 Å². The van der Waals surface area contributed by atoms with Crippen molar-refractivity contribution in [2.75, 3.05) is 11.9 Å². The molecule has 0 heterocycles. The third-order valence-electron chi connectivity index (χ3n) is 3.06. The average Bonchev–Trinajstić information content (AvgIpc) is 2.60. The van der Waals surface area contributed by atoms with E-state index in [2.05, 4.69) is 5.32 Å². The number of rotatable bonds is 6. The van der Waals surface area contributed by atoms with Crippen molar-refractivity contribution in [3.8, 4) is 17.6 Å². The minimum absolute atomic E-state index is 0.0542. The van der Waals surface area contributed by atoms with Crippen molar-refractivity contribution in [1.82, 2.24) is 0 Å². The van der Waals surface area contributed by atoms with E-state index in [0.29, 0.717) is 11.3 Å². The maximum absolute atomic E-state index is 12.2. The van der Waals surface area contributed by atoms with Crippen molar-refractivity contribution >= 4 is 23.6 Å². The van der Waals surface area contributed by atoms with E-state index in [9.17, 15) is 20.0 Å². The number of hydrogen-bond donors (Lipinski definition) is 3. The van der Waals surface area contributed by atoms with Crippen molar-refractivity contribution < 1.29 is 24.5 Å². The molecule has 2 rings (SSSR count). The third kappa shape index (κ3) is 5.11. The van der Waals surface area contributed by atoms with E-state index >= 15 is 0 Å². The number of carboxylic acids is 1. The van der Waals surface area contributed by atoms with Gasteiger partial charge in [-0.05, 0) is 36.4 Å². The van der Waals surface area contributed by atoms with Gasteiger partial charge in [-0.3, -0.25) is 4.79 Å². The highest BCUT2D eigenvalue weighted by Gasteiger charge is 2.12. The summed E-state index contributed by atoms with van der Waals surface area (Å²) in [6.07, 6.45) is 1.31. The first-order chi connectivity index (χ1) is 12.0. The number of hydrogen-bond acceptors (Lipinski definition) is 5. The number of carbonyl (C=O) groups excluding carboxylic acids is 1. The predicted octanol–water partition coefficient (Wildman–Crippen LogP) is 2.40. The molecule has 0 aromatic heterocycles. The number of carboxylic acid groups (broad SMARTS) is 1. The summed E-state index contributed by atoms with van der Waals surface area (Å²) in [5, 5.41) is 29.7. The van der Waals surface area contributed by atoms with Gasteiger partial charge in [0.25, 0.3) is 5.91 Å². The quantitative estimate of drug-likeness (QED) is 0.423. The molecule has 1 amide bonds. The fraction of sp³-hybridized carbons (Fsp3) is 0.0556. The minimum Gasteiger partial charge on any atom is -0.508 e. The first-order valence-corrected chi connectivity index (χ1v) is 7.15.